The van der Waals surface area contributed by atoms with E-state index in [1.807, 2.05) is 27.7 Å². The number of aromatic nitrogens is 1. The smallest absolute Gasteiger partial charge is 0.328 e. The fourth-order valence-corrected chi connectivity index (χ4v) is 3.36. The van der Waals surface area contributed by atoms with Crippen LogP contribution < -0.4 is 16.1 Å². The standard InChI is InChI=1S/C15H24N4O4/c1-14(2)7-9(8-15(3,4)18-14)16-12(22)13(23)17-19-10(20)5-6-11(19)21/h5-6,9,18,20-21H,7-8H2,1-4H3,(H,16,22)(H,17,23). The lowest BCUT2D eigenvalue weighted by molar-refractivity contribution is -0.137. The van der Waals surface area contributed by atoms with Gasteiger partial charge >= 0.3 is 11.8 Å². The van der Waals surface area contributed by atoms with Gasteiger partial charge in [0.05, 0.1) is 0 Å². The van der Waals surface area contributed by atoms with Crippen LogP contribution in [-0.2, 0) is 9.59 Å². The molecule has 128 valence electrons. The Labute approximate surface area is 134 Å². The second-order valence-electron chi connectivity index (χ2n) is 7.30. The van der Waals surface area contributed by atoms with E-state index in [2.05, 4.69) is 16.1 Å². The first kappa shape index (κ1) is 17.1. The molecule has 1 saturated heterocycles. The van der Waals surface area contributed by atoms with Crippen molar-refractivity contribution in [3.63, 3.8) is 0 Å². The Bertz CT molecular complexity index is 585. The molecule has 8 heteroatoms. The second kappa shape index (κ2) is 5.77. The third kappa shape index (κ3) is 4.16. The lowest BCUT2D eigenvalue weighted by Crippen LogP contribution is -2.62. The van der Waals surface area contributed by atoms with E-state index < -0.39 is 11.8 Å². The quantitative estimate of drug-likeness (QED) is 0.505. The molecule has 0 spiro atoms. The maximum absolute atomic E-state index is 12.1. The predicted molar refractivity (Wildman–Crippen MR) is 84.6 cm³/mol. The van der Waals surface area contributed by atoms with E-state index in [0.29, 0.717) is 12.8 Å². The zero-order chi connectivity index (χ0) is 17.4. The molecule has 0 aliphatic carbocycles. The molecule has 1 aromatic rings. The first-order chi connectivity index (χ1) is 10.5. The fraction of sp³-hybridized carbons (Fsp3) is 0.600. The highest BCUT2D eigenvalue weighted by atomic mass is 16.3. The highest BCUT2D eigenvalue weighted by molar-refractivity contribution is 6.38. The second-order valence-corrected chi connectivity index (χ2v) is 7.30. The van der Waals surface area contributed by atoms with Gasteiger partial charge in [-0.15, -0.1) is 0 Å². The van der Waals surface area contributed by atoms with Crippen LogP contribution in [0.5, 0.6) is 11.8 Å². The van der Waals surface area contributed by atoms with Crippen molar-refractivity contribution in [2.45, 2.75) is 57.7 Å². The van der Waals surface area contributed by atoms with Gasteiger partial charge in [-0.2, -0.15) is 4.68 Å². The summed E-state index contributed by atoms with van der Waals surface area (Å²) in [5.41, 5.74) is 1.82. The number of carbonyl (C=O) groups excluding carboxylic acids is 2. The first-order valence-electron chi connectivity index (χ1n) is 7.50. The number of nitrogens with zero attached hydrogens (tertiary/aromatic N) is 1. The van der Waals surface area contributed by atoms with Crippen LogP contribution in [0.2, 0.25) is 0 Å². The summed E-state index contributed by atoms with van der Waals surface area (Å²) in [6, 6.07) is 2.25. The number of hydrogen-bond acceptors (Lipinski definition) is 5. The van der Waals surface area contributed by atoms with E-state index in [-0.39, 0.29) is 28.9 Å². The van der Waals surface area contributed by atoms with Crippen molar-refractivity contribution >= 4 is 11.8 Å². The normalized spacial score (nSPS) is 20.0. The van der Waals surface area contributed by atoms with E-state index >= 15 is 0 Å². The topological polar surface area (TPSA) is 116 Å². The Morgan fingerprint density at radius 2 is 1.57 bits per heavy atom. The van der Waals surface area contributed by atoms with Crippen LogP contribution in [0.1, 0.15) is 40.5 Å². The third-order valence-corrected chi connectivity index (χ3v) is 3.78. The van der Waals surface area contributed by atoms with Crippen molar-refractivity contribution in [3.05, 3.63) is 12.1 Å². The number of amides is 2. The van der Waals surface area contributed by atoms with Crippen molar-refractivity contribution in [1.82, 2.24) is 15.3 Å². The molecular formula is C15H24N4O4. The molecule has 1 aliphatic rings. The van der Waals surface area contributed by atoms with E-state index in [9.17, 15) is 19.8 Å². The van der Waals surface area contributed by atoms with Gasteiger partial charge < -0.3 is 20.8 Å². The minimum Gasteiger partial charge on any atom is -0.493 e. The van der Waals surface area contributed by atoms with Gasteiger partial charge in [0.2, 0.25) is 11.8 Å². The van der Waals surface area contributed by atoms with Crippen molar-refractivity contribution < 1.29 is 19.8 Å². The summed E-state index contributed by atoms with van der Waals surface area (Å²) in [7, 11) is 0. The number of aromatic hydroxyl groups is 2. The lowest BCUT2D eigenvalue weighted by Gasteiger charge is -2.46. The molecule has 23 heavy (non-hydrogen) atoms. The number of rotatable bonds is 2. The molecule has 8 nitrogen and oxygen atoms in total. The number of nitrogens with one attached hydrogen (secondary N) is 3. The van der Waals surface area contributed by atoms with E-state index in [1.165, 1.54) is 12.1 Å². The Morgan fingerprint density at radius 1 is 1.09 bits per heavy atom. The molecule has 0 bridgehead atoms. The average molecular weight is 324 g/mol. The molecule has 1 aromatic heterocycles. The van der Waals surface area contributed by atoms with Crippen molar-refractivity contribution in [2.75, 3.05) is 5.43 Å². The fourth-order valence-electron chi connectivity index (χ4n) is 3.36. The summed E-state index contributed by atoms with van der Waals surface area (Å²) >= 11 is 0. The molecule has 1 aliphatic heterocycles. The molecule has 5 N–H and O–H groups in total. The maximum Gasteiger partial charge on any atom is 0.328 e. The van der Waals surface area contributed by atoms with Crippen LogP contribution in [0.25, 0.3) is 0 Å². The molecule has 0 atom stereocenters. The Hall–Kier alpha value is -2.22. The van der Waals surface area contributed by atoms with Crippen molar-refractivity contribution in [2.24, 2.45) is 0 Å². The van der Waals surface area contributed by atoms with Gasteiger partial charge in [0.1, 0.15) is 0 Å². The van der Waals surface area contributed by atoms with Crippen LogP contribution in [0.15, 0.2) is 12.1 Å². The summed E-state index contributed by atoms with van der Waals surface area (Å²) in [6.07, 6.45) is 1.38. The largest absolute Gasteiger partial charge is 0.493 e. The number of hydrogen-bond donors (Lipinski definition) is 5. The third-order valence-electron chi connectivity index (χ3n) is 3.78. The van der Waals surface area contributed by atoms with Crippen LogP contribution >= 0.6 is 0 Å². The molecule has 0 saturated carbocycles. The minimum atomic E-state index is -0.957. The van der Waals surface area contributed by atoms with Crippen LogP contribution in [-0.4, -0.2) is 43.8 Å². The SMILES string of the molecule is CC1(C)CC(NC(=O)C(=O)Nn2c(O)ccc2O)CC(C)(C)N1. The van der Waals surface area contributed by atoms with E-state index in [0.717, 1.165) is 4.68 Å². The summed E-state index contributed by atoms with van der Waals surface area (Å²) in [5, 5.41) is 25.1. The van der Waals surface area contributed by atoms with Gasteiger partial charge in [0.25, 0.3) is 0 Å². The van der Waals surface area contributed by atoms with E-state index in [4.69, 9.17) is 0 Å². The highest BCUT2D eigenvalue weighted by Crippen LogP contribution is 2.28. The zero-order valence-electron chi connectivity index (χ0n) is 13.8. The highest BCUT2D eigenvalue weighted by Gasteiger charge is 2.38. The molecule has 2 amide bonds. The van der Waals surface area contributed by atoms with Gasteiger partial charge in [-0.3, -0.25) is 9.59 Å². The van der Waals surface area contributed by atoms with Gasteiger partial charge in [-0.25, -0.2) is 5.43 Å². The average Bonchev–Trinajstić information content (AvgIpc) is 2.66. The minimum absolute atomic E-state index is 0.147. The van der Waals surface area contributed by atoms with Crippen LogP contribution in [0.3, 0.4) is 0 Å². The molecule has 1 fully saturated rings. The molecule has 0 aromatic carbocycles. The molecule has 0 unspecified atom stereocenters. The Kier molecular flexibility index (Phi) is 4.30. The zero-order valence-corrected chi connectivity index (χ0v) is 13.8. The van der Waals surface area contributed by atoms with Crippen LogP contribution in [0, 0.1) is 0 Å². The molecular weight excluding hydrogens is 300 g/mol. The lowest BCUT2D eigenvalue weighted by atomic mass is 9.79. The van der Waals surface area contributed by atoms with Crippen molar-refractivity contribution in [3.8, 4) is 11.8 Å². The maximum atomic E-state index is 12.1. The van der Waals surface area contributed by atoms with Gasteiger partial charge in [0.15, 0.2) is 0 Å². The van der Waals surface area contributed by atoms with Gasteiger partial charge in [-0.05, 0) is 40.5 Å². The number of carbonyl (C=O) groups is 2. The summed E-state index contributed by atoms with van der Waals surface area (Å²) in [4.78, 5) is 24.0. The predicted octanol–water partition coefficient (Wildman–Crippen LogP) is 0.395. The summed E-state index contributed by atoms with van der Waals surface area (Å²) < 4.78 is 0.734. The Morgan fingerprint density at radius 3 is 2.04 bits per heavy atom. The first-order valence-corrected chi connectivity index (χ1v) is 7.50. The monoisotopic (exact) mass is 324 g/mol. The summed E-state index contributed by atoms with van der Waals surface area (Å²) in [5.74, 6) is -2.50. The van der Waals surface area contributed by atoms with Crippen molar-refractivity contribution in [1.29, 1.82) is 0 Å². The van der Waals surface area contributed by atoms with Gasteiger partial charge in [0, 0.05) is 29.3 Å². The molecule has 0 radical (unpaired) electrons. The number of piperidine rings is 1. The van der Waals surface area contributed by atoms with E-state index in [1.54, 1.807) is 0 Å². The van der Waals surface area contributed by atoms with Crippen LogP contribution in [0.4, 0.5) is 0 Å². The molecule has 2 heterocycles. The Balaban J connectivity index is 2.00. The van der Waals surface area contributed by atoms with Gasteiger partial charge in [-0.1, -0.05) is 0 Å². The molecule has 2 rings (SSSR count). The summed E-state index contributed by atoms with van der Waals surface area (Å²) in [6.45, 7) is 8.18.